The third kappa shape index (κ3) is 10.1. The zero-order chi connectivity index (χ0) is 74.6. The molecule has 398 valence electrons. The first kappa shape index (κ1) is 32.4. The number of hydrogen-bond donors (Lipinski definition) is 0. The number of aryl methyl sites for hydroxylation is 1. The van der Waals surface area contributed by atoms with Crippen LogP contribution in [0.4, 0.5) is 0 Å². The molecule has 3 aromatic heterocycles. The summed E-state index contributed by atoms with van der Waals surface area (Å²) in [4.78, 5) is 4.70. The Morgan fingerprint density at radius 3 is 1.70 bits per heavy atom. The average Bonchev–Trinajstić information content (AvgIpc) is 1.26. The van der Waals surface area contributed by atoms with Crippen molar-refractivity contribution in [3.05, 3.63) is 271 Å². The van der Waals surface area contributed by atoms with Crippen LogP contribution >= 0.6 is 0 Å². The predicted molar refractivity (Wildman–Crippen MR) is 329 cm³/mol. The van der Waals surface area contributed by atoms with E-state index in [0.717, 1.165) is 22.1 Å². The number of nitrogens with zero attached hydrogens (tertiary/aromatic N) is 4. The normalized spacial score (nSPS) is 16.0. The van der Waals surface area contributed by atoms with E-state index in [9.17, 15) is 8.22 Å². The number of benzene rings is 10. The van der Waals surface area contributed by atoms with Gasteiger partial charge >= 0.3 is 0 Å². The molecule has 0 bridgehead atoms. The van der Waals surface area contributed by atoms with Crippen molar-refractivity contribution in [1.29, 1.82) is 0 Å². The first-order valence-electron chi connectivity index (χ1n) is 37.1. The molecule has 0 radical (unpaired) electrons. The van der Waals surface area contributed by atoms with E-state index in [1.165, 1.54) is 29.0 Å². The van der Waals surface area contributed by atoms with Gasteiger partial charge in [-0.2, -0.15) is 18.2 Å². The van der Waals surface area contributed by atoms with Crippen LogP contribution in [0.2, 0.25) is 0 Å². The summed E-state index contributed by atoms with van der Waals surface area (Å²) in [5.74, 6) is 0.329. The van der Waals surface area contributed by atoms with Crippen LogP contribution in [-0.2, 0) is 31.9 Å². The van der Waals surface area contributed by atoms with E-state index in [-0.39, 0.29) is 99.5 Å². The number of para-hydroxylation sites is 1. The van der Waals surface area contributed by atoms with Gasteiger partial charge in [-0.25, -0.2) is 4.98 Å². The predicted octanol–water partition coefficient (Wildman–Crippen LogP) is 18.8. The molecule has 13 aromatic rings. The smallest absolute Gasteiger partial charge is 0.268 e. The Kier molecular flexibility index (Phi) is 8.51. The molecule has 3 heterocycles. The van der Waals surface area contributed by atoms with Crippen LogP contribution in [0.1, 0.15) is 89.8 Å². The van der Waals surface area contributed by atoms with Crippen molar-refractivity contribution in [2.75, 3.05) is 0 Å². The van der Waals surface area contributed by atoms with Gasteiger partial charge in [-0.15, -0.1) is 29.7 Å². The molecule has 0 aliphatic carbocycles. The van der Waals surface area contributed by atoms with E-state index >= 15 is 0 Å². The van der Waals surface area contributed by atoms with Crippen molar-refractivity contribution in [3.8, 4) is 84.3 Å². The maximum atomic E-state index is 9.55. The molecule has 0 aliphatic heterocycles. The van der Waals surface area contributed by atoms with Gasteiger partial charge in [0.2, 0.25) is 0 Å². The Morgan fingerprint density at radius 2 is 1.09 bits per heavy atom. The van der Waals surface area contributed by atoms with Crippen molar-refractivity contribution in [2.24, 2.45) is 0 Å². The van der Waals surface area contributed by atoms with Gasteiger partial charge in [-0.3, -0.25) is 4.57 Å². The van der Waals surface area contributed by atoms with Gasteiger partial charge in [-0.05, 0) is 126 Å². The molecule has 0 N–H and O–H groups in total. The van der Waals surface area contributed by atoms with Gasteiger partial charge < -0.3 is 13.9 Å². The van der Waals surface area contributed by atoms with E-state index in [4.69, 9.17) is 33.0 Å². The Labute approximate surface area is 522 Å². The Bertz CT molecular complexity index is 5590. The Hall–Kier alpha value is -8.89. The second-order valence-corrected chi connectivity index (χ2v) is 21.2. The quantitative estimate of drug-likeness (QED) is 0.101. The van der Waals surface area contributed by atoms with Crippen LogP contribution in [0, 0.1) is 25.3 Å². The minimum Gasteiger partial charge on any atom is -0.510 e. The first-order chi connectivity index (χ1) is 48.3. The Balaban J connectivity index is 0.0000102. The van der Waals surface area contributed by atoms with Crippen molar-refractivity contribution < 1.29 is 61.9 Å². The summed E-state index contributed by atoms with van der Waals surface area (Å²) in [6.45, 7) is 9.79. The molecule has 0 saturated heterocycles. The van der Waals surface area contributed by atoms with Crippen LogP contribution in [-0.4, -0.2) is 14.1 Å². The van der Waals surface area contributed by atoms with Gasteiger partial charge in [0.15, 0.2) is 0 Å². The third-order valence-electron chi connectivity index (χ3n) is 14.0. The SMILES string of the molecule is [2H]c1c([2H])c([2H])c(-c2cc(-c3c([2H])c([2H])c([2H])c([2H])c3[2H])c(-[n+]3[c-]n(-c4[c-]c(Oc5[c-]c6c(cc5)c5ccccc5n6-c5cc(C([2H])([2H])[2H])c(-c6c([2H])c([2H])c([2H])c([2H])c6[2H])cn5)ccc4)c4cc(-c5cc(C(C)(C)C)cc(C(C)(C)C)c5)ccc43)c(-c3c([2H])c([2H])c([2H])c([2H])c3[2H])c2)c([2H])c1[2H].[Pt]. The van der Waals surface area contributed by atoms with E-state index < -0.39 is 144 Å². The molecule has 5 nitrogen and oxygen atoms in total. The van der Waals surface area contributed by atoms with Gasteiger partial charge in [0.25, 0.3) is 6.33 Å². The number of ether oxygens (including phenoxy) is 1. The second-order valence-electron chi connectivity index (χ2n) is 21.2. The van der Waals surface area contributed by atoms with Gasteiger partial charge in [0.1, 0.15) is 5.82 Å². The Morgan fingerprint density at radius 1 is 0.506 bits per heavy atom. The maximum absolute atomic E-state index is 9.55. The van der Waals surface area contributed by atoms with E-state index in [1.54, 1.807) is 57.7 Å². The molecule has 10 aromatic carbocycles. The standard InChI is InChI=1S/C75H60N4O.Pt/c1-50-39-72(76-48-67(50)54-29-18-11-19-30-54)79-68-34-21-20-33-63(68)64-37-36-62(47-70(64)79)80-61-32-22-31-60(46-61)77-49-78(69-38-35-55(44-71(69)77)56-40-58(74(2,3)4)45-59(41-56)75(5,6)7)73-65(52-25-14-9-15-26-52)42-57(51-23-12-8-13-24-51)43-66(73)53-27-16-10-17-28-53;/h8-45,48H,1-7H3;/q-2;/i1D3,8D,9D,10D,11D,12D,13D,14D,15D,16D,17D,18D,19D,23D,24D,25D,26D,27D,28D,29D,30D;. The zero-order valence-electron chi connectivity index (χ0n) is 67.5. The van der Waals surface area contributed by atoms with Gasteiger partial charge in [0, 0.05) is 54.0 Å². The maximum Gasteiger partial charge on any atom is 0.268 e. The summed E-state index contributed by atoms with van der Waals surface area (Å²) in [5, 5.41) is 1.37. The number of imidazole rings is 1. The molecule has 6 heteroatoms. The van der Waals surface area contributed by atoms with Crippen LogP contribution in [0.15, 0.2) is 236 Å². The molecule has 0 fully saturated rings. The van der Waals surface area contributed by atoms with Crippen molar-refractivity contribution in [2.45, 2.75) is 59.2 Å². The topological polar surface area (TPSA) is 35.9 Å². The number of hydrogen-bond acceptors (Lipinski definition) is 2. The van der Waals surface area contributed by atoms with E-state index in [2.05, 4.69) is 78.2 Å². The number of fused-ring (bicyclic) bond motifs is 4. The molecule has 0 amide bonds. The minimum absolute atomic E-state index is 0. The van der Waals surface area contributed by atoms with Gasteiger partial charge in [-0.1, -0.05) is 216 Å². The number of pyridine rings is 1. The van der Waals surface area contributed by atoms with Crippen molar-refractivity contribution >= 4 is 32.8 Å². The monoisotopic (exact) mass is 1250 g/mol. The summed E-state index contributed by atoms with van der Waals surface area (Å²) in [6.07, 6.45) is 4.61. The fourth-order valence-corrected chi connectivity index (χ4v) is 9.92. The molecule has 0 unspecified atom stereocenters. The molecular weight excluding hydrogens is 1170 g/mol. The van der Waals surface area contributed by atoms with E-state index in [0.29, 0.717) is 27.5 Å². The summed E-state index contributed by atoms with van der Waals surface area (Å²) < 4.78 is 216. The average molecular weight is 1250 g/mol. The van der Waals surface area contributed by atoms with Crippen LogP contribution in [0.3, 0.4) is 0 Å². The molecule has 0 spiro atoms. The van der Waals surface area contributed by atoms with Crippen LogP contribution in [0.25, 0.3) is 106 Å². The fraction of sp³-hybridized carbons (Fsp3) is 0.120. The number of aromatic nitrogens is 4. The number of rotatable bonds is 10. The molecule has 0 aliphatic rings. The molecule has 0 atom stereocenters. The van der Waals surface area contributed by atoms with Crippen LogP contribution < -0.4 is 9.30 Å². The summed E-state index contributed by atoms with van der Waals surface area (Å²) in [7, 11) is 0. The van der Waals surface area contributed by atoms with Crippen LogP contribution in [0.5, 0.6) is 11.5 Å². The van der Waals surface area contributed by atoms with Gasteiger partial charge in [0.05, 0.1) is 44.1 Å². The summed E-state index contributed by atoms with van der Waals surface area (Å²) >= 11 is 0. The molecule has 0 saturated carbocycles. The van der Waals surface area contributed by atoms with E-state index in [1.807, 2.05) is 24.3 Å². The third-order valence-corrected chi connectivity index (χ3v) is 14.0. The van der Waals surface area contributed by atoms with Crippen molar-refractivity contribution in [1.82, 2.24) is 14.1 Å². The molecule has 81 heavy (non-hydrogen) atoms. The molecular formula is C75H60N4OPt-2. The largest absolute Gasteiger partial charge is 0.510 e. The first-order valence-corrected chi connectivity index (χ1v) is 25.6. The summed E-state index contributed by atoms with van der Waals surface area (Å²) in [6, 6.07) is 23.8. The minimum atomic E-state index is -2.88. The second kappa shape index (κ2) is 21.3. The molecule has 13 rings (SSSR count). The van der Waals surface area contributed by atoms with Crippen molar-refractivity contribution in [3.63, 3.8) is 0 Å². The fourth-order valence-electron chi connectivity index (χ4n) is 9.92. The summed E-state index contributed by atoms with van der Waals surface area (Å²) in [5.41, 5.74) is 1.67. The zero-order valence-corrected chi connectivity index (χ0v) is 46.8.